The van der Waals surface area contributed by atoms with Crippen LogP contribution in [0.2, 0.25) is 0 Å². The van der Waals surface area contributed by atoms with Crippen molar-refractivity contribution in [1.29, 1.82) is 0 Å². The van der Waals surface area contributed by atoms with Gasteiger partial charge in [0.05, 0.1) is 5.56 Å². The van der Waals surface area contributed by atoms with Crippen LogP contribution < -0.4 is 0 Å². The molecule has 1 aliphatic rings. The van der Waals surface area contributed by atoms with Crippen molar-refractivity contribution in [2.75, 3.05) is 6.54 Å². The van der Waals surface area contributed by atoms with Gasteiger partial charge in [-0.1, -0.05) is 12.1 Å². The summed E-state index contributed by atoms with van der Waals surface area (Å²) in [7, 11) is 2.01. The zero-order valence-corrected chi connectivity index (χ0v) is 15.5. The average molecular weight is 340 g/mol. The van der Waals surface area contributed by atoms with E-state index in [0.717, 1.165) is 49.2 Å². The largest absolute Gasteiger partial charge is 0.508 e. The average Bonchev–Trinajstić information content (AvgIpc) is 2.88. The minimum Gasteiger partial charge on any atom is -0.508 e. The molecule has 0 aliphatic carbocycles. The third-order valence-corrected chi connectivity index (χ3v) is 5.60. The molecule has 1 saturated heterocycles. The molecule has 1 atom stereocenters. The Hall–Kier alpha value is -2.23. The first-order chi connectivity index (χ1) is 12.0. The minimum absolute atomic E-state index is 0.177. The number of benzene rings is 1. The number of piperidine rings is 1. The van der Waals surface area contributed by atoms with Crippen molar-refractivity contribution in [3.8, 4) is 5.75 Å². The summed E-state index contributed by atoms with van der Waals surface area (Å²) < 4.78 is 2.09. The number of aromatic nitrogens is 1. The molecule has 134 valence electrons. The minimum atomic E-state index is 0.177. The lowest BCUT2D eigenvalue weighted by Gasteiger charge is -2.36. The molecule has 1 N–H and O–H groups in total. The van der Waals surface area contributed by atoms with Crippen molar-refractivity contribution in [3.05, 3.63) is 52.8 Å². The van der Waals surface area contributed by atoms with Crippen LogP contribution in [0.25, 0.3) is 0 Å². The van der Waals surface area contributed by atoms with E-state index in [1.165, 1.54) is 12.0 Å². The van der Waals surface area contributed by atoms with E-state index in [-0.39, 0.29) is 5.91 Å². The first kappa shape index (κ1) is 17.6. The van der Waals surface area contributed by atoms with Crippen molar-refractivity contribution >= 4 is 5.91 Å². The number of aryl methyl sites for hydroxylation is 2. The number of likely N-dealkylation sites (tertiary alicyclic amines) is 1. The van der Waals surface area contributed by atoms with Gasteiger partial charge in [-0.3, -0.25) is 4.79 Å². The second-order valence-corrected chi connectivity index (χ2v) is 7.20. The smallest absolute Gasteiger partial charge is 0.255 e. The van der Waals surface area contributed by atoms with Gasteiger partial charge < -0.3 is 14.6 Å². The van der Waals surface area contributed by atoms with Crippen LogP contribution in [0.15, 0.2) is 30.3 Å². The fourth-order valence-electron chi connectivity index (χ4n) is 3.79. The highest BCUT2D eigenvalue weighted by molar-refractivity contribution is 5.96. The van der Waals surface area contributed by atoms with Crippen LogP contribution in [-0.2, 0) is 13.5 Å². The van der Waals surface area contributed by atoms with Crippen LogP contribution >= 0.6 is 0 Å². The molecule has 1 fully saturated rings. The number of aromatic hydroxyl groups is 1. The molecule has 0 bridgehead atoms. The lowest BCUT2D eigenvalue weighted by molar-refractivity contribution is 0.0601. The Morgan fingerprint density at radius 3 is 2.56 bits per heavy atom. The maximum Gasteiger partial charge on any atom is 0.255 e. The van der Waals surface area contributed by atoms with E-state index in [0.29, 0.717) is 11.8 Å². The number of nitrogens with zero attached hydrogens (tertiary/aromatic N) is 2. The van der Waals surface area contributed by atoms with Crippen LogP contribution in [0.4, 0.5) is 0 Å². The molecular weight excluding hydrogens is 312 g/mol. The molecule has 1 amide bonds. The third-order valence-electron chi connectivity index (χ3n) is 5.60. The van der Waals surface area contributed by atoms with Gasteiger partial charge in [0.2, 0.25) is 0 Å². The number of carbonyl (C=O) groups is 1. The van der Waals surface area contributed by atoms with E-state index >= 15 is 0 Å². The Kier molecular flexibility index (Phi) is 5.16. The molecule has 2 aromatic rings. The van der Waals surface area contributed by atoms with E-state index in [1.807, 2.05) is 39.1 Å². The summed E-state index contributed by atoms with van der Waals surface area (Å²) >= 11 is 0. The van der Waals surface area contributed by atoms with Crippen molar-refractivity contribution < 1.29 is 9.90 Å². The molecule has 0 saturated carbocycles. The lowest BCUT2D eigenvalue weighted by Crippen LogP contribution is -2.44. The van der Waals surface area contributed by atoms with Crippen molar-refractivity contribution in [3.63, 3.8) is 0 Å². The van der Waals surface area contributed by atoms with Gasteiger partial charge in [-0.15, -0.1) is 0 Å². The fourth-order valence-corrected chi connectivity index (χ4v) is 3.79. The van der Waals surface area contributed by atoms with Gasteiger partial charge in [0, 0.05) is 31.0 Å². The number of carbonyl (C=O) groups excluding carboxylic acids is 1. The Morgan fingerprint density at radius 2 is 1.92 bits per heavy atom. The summed E-state index contributed by atoms with van der Waals surface area (Å²) in [5.41, 5.74) is 4.22. The SMILES string of the molecule is Cc1cc(C(=O)N2CCCCC2CCc2ccc(O)cc2)c(C)n1C. The quantitative estimate of drug-likeness (QED) is 0.915. The molecule has 0 spiro atoms. The number of hydrogen-bond donors (Lipinski definition) is 1. The Balaban J connectivity index is 1.72. The van der Waals surface area contributed by atoms with Gasteiger partial charge in [0.15, 0.2) is 0 Å². The van der Waals surface area contributed by atoms with Gasteiger partial charge in [-0.05, 0) is 69.7 Å². The maximum atomic E-state index is 13.1. The van der Waals surface area contributed by atoms with Crippen LogP contribution in [0, 0.1) is 13.8 Å². The number of hydrogen-bond acceptors (Lipinski definition) is 2. The van der Waals surface area contributed by atoms with Crippen molar-refractivity contribution in [2.45, 2.75) is 52.0 Å². The first-order valence-electron chi connectivity index (χ1n) is 9.19. The zero-order valence-electron chi connectivity index (χ0n) is 15.5. The van der Waals surface area contributed by atoms with E-state index in [4.69, 9.17) is 0 Å². The maximum absolute atomic E-state index is 13.1. The molecule has 25 heavy (non-hydrogen) atoms. The highest BCUT2D eigenvalue weighted by Gasteiger charge is 2.29. The van der Waals surface area contributed by atoms with E-state index in [2.05, 4.69) is 9.47 Å². The summed E-state index contributed by atoms with van der Waals surface area (Å²) in [5, 5.41) is 9.41. The van der Waals surface area contributed by atoms with Crippen LogP contribution in [0.5, 0.6) is 5.75 Å². The van der Waals surface area contributed by atoms with Crippen molar-refractivity contribution in [2.24, 2.45) is 7.05 Å². The Morgan fingerprint density at radius 1 is 1.20 bits per heavy atom. The predicted octanol–water partition coefficient (Wildman–Crippen LogP) is 3.98. The summed E-state index contributed by atoms with van der Waals surface area (Å²) in [6.45, 7) is 4.92. The number of phenolic OH excluding ortho intramolecular Hbond substituents is 1. The summed E-state index contributed by atoms with van der Waals surface area (Å²) in [6.07, 6.45) is 5.26. The van der Waals surface area contributed by atoms with Crippen LogP contribution in [-0.4, -0.2) is 33.1 Å². The van der Waals surface area contributed by atoms with Crippen molar-refractivity contribution in [1.82, 2.24) is 9.47 Å². The topological polar surface area (TPSA) is 45.5 Å². The van der Waals surface area contributed by atoms with Gasteiger partial charge >= 0.3 is 0 Å². The Labute approximate surface area is 150 Å². The van der Waals surface area contributed by atoms with E-state index in [9.17, 15) is 9.90 Å². The van der Waals surface area contributed by atoms with E-state index < -0.39 is 0 Å². The monoisotopic (exact) mass is 340 g/mol. The molecule has 4 heteroatoms. The van der Waals surface area contributed by atoms with Crippen LogP contribution in [0.1, 0.15) is 53.0 Å². The second kappa shape index (κ2) is 7.34. The van der Waals surface area contributed by atoms with Gasteiger partial charge in [0.1, 0.15) is 5.75 Å². The Bertz CT molecular complexity index is 746. The highest BCUT2D eigenvalue weighted by Crippen LogP contribution is 2.25. The third kappa shape index (κ3) is 3.73. The molecular formula is C21H28N2O2. The molecule has 0 radical (unpaired) electrons. The molecule has 1 aliphatic heterocycles. The molecule has 3 rings (SSSR count). The fraction of sp³-hybridized carbons (Fsp3) is 0.476. The van der Waals surface area contributed by atoms with Gasteiger partial charge in [-0.25, -0.2) is 0 Å². The normalized spacial score (nSPS) is 17.7. The second-order valence-electron chi connectivity index (χ2n) is 7.20. The number of phenols is 1. The molecule has 2 heterocycles. The number of rotatable bonds is 4. The molecule has 1 aromatic heterocycles. The summed E-state index contributed by atoms with van der Waals surface area (Å²) in [6, 6.07) is 9.72. The summed E-state index contributed by atoms with van der Waals surface area (Å²) in [4.78, 5) is 15.2. The first-order valence-corrected chi connectivity index (χ1v) is 9.19. The van der Waals surface area contributed by atoms with Gasteiger partial charge in [-0.2, -0.15) is 0 Å². The highest BCUT2D eigenvalue weighted by atomic mass is 16.3. The number of amides is 1. The molecule has 4 nitrogen and oxygen atoms in total. The van der Waals surface area contributed by atoms with E-state index in [1.54, 1.807) is 12.1 Å². The van der Waals surface area contributed by atoms with Gasteiger partial charge in [0.25, 0.3) is 5.91 Å². The standard InChI is InChI=1S/C21H28N2O2/c1-15-14-20(16(2)22(15)3)21(25)23-13-5-4-6-18(23)10-7-17-8-11-19(24)12-9-17/h8-9,11-12,14,18,24H,4-7,10,13H2,1-3H3. The lowest BCUT2D eigenvalue weighted by atomic mass is 9.95. The summed E-state index contributed by atoms with van der Waals surface area (Å²) in [5.74, 6) is 0.477. The zero-order chi connectivity index (χ0) is 18.0. The molecule has 1 aromatic carbocycles. The predicted molar refractivity (Wildman–Crippen MR) is 100.0 cm³/mol. The molecule has 1 unspecified atom stereocenters. The van der Waals surface area contributed by atoms with Crippen LogP contribution in [0.3, 0.4) is 0 Å².